The molecule has 9 aromatic rings. The van der Waals surface area contributed by atoms with Gasteiger partial charge >= 0.3 is 0 Å². The van der Waals surface area contributed by atoms with Crippen molar-refractivity contribution in [3.05, 3.63) is 192 Å². The predicted molar refractivity (Wildman–Crippen MR) is 273 cm³/mol. The molecule has 334 valence electrons. The van der Waals surface area contributed by atoms with E-state index < -0.39 is 30.4 Å². The van der Waals surface area contributed by atoms with Gasteiger partial charge in [0.15, 0.2) is 0 Å². The minimum absolute atomic E-state index is 0. The average Bonchev–Trinajstić information content (AvgIpc) is 3.72. The molecule has 9 rings (SSSR count). The summed E-state index contributed by atoms with van der Waals surface area (Å²) in [6.07, 6.45) is 1.80. The van der Waals surface area contributed by atoms with Gasteiger partial charge in [0.1, 0.15) is 11.6 Å². The number of aromatic hydroxyl groups is 1. The minimum atomic E-state index is -2.70. The third-order valence-corrected chi connectivity index (χ3v) is 12.2. The molecule has 1 N–H and O–H groups in total. The van der Waals surface area contributed by atoms with E-state index >= 15 is 0 Å². The molecule has 0 unspecified atom stereocenters. The molecule has 0 spiro atoms. The molecule has 0 aliphatic rings. The first-order valence-corrected chi connectivity index (χ1v) is 22.1. The Hall–Kier alpha value is -6.35. The zero-order valence-electron chi connectivity index (χ0n) is 45.6. The van der Waals surface area contributed by atoms with E-state index in [1.54, 1.807) is 90.4 Å². The van der Waals surface area contributed by atoms with Crippen molar-refractivity contribution >= 4 is 11.0 Å². The van der Waals surface area contributed by atoms with Crippen molar-refractivity contribution in [3.63, 3.8) is 0 Å². The molecular weight excluding hydrogens is 986 g/mol. The van der Waals surface area contributed by atoms with Crippen LogP contribution in [0.1, 0.15) is 116 Å². The van der Waals surface area contributed by atoms with E-state index in [2.05, 4.69) is 48.5 Å². The largest absolute Gasteiger partial charge is 0.507 e. The third-order valence-electron chi connectivity index (χ3n) is 12.2. The average molecular weight is 1050 g/mol. The number of pyridine rings is 1. The quantitative estimate of drug-likeness (QED) is 0.131. The first kappa shape index (κ1) is 37.8. The fourth-order valence-electron chi connectivity index (χ4n) is 8.84. The SMILES string of the molecule is [2H]C([2H])([2H])c1cc(-c2c(C([2H])(C)C)cccc2C([2H])(C)C)ccc1-n1c(-c2cc(C([2H])(C)C)cc(C([2H])(C)C)c2O)nc2c(-c3[c-]c(-c4cc(-c5ccccc5)ccn4)cc(-c4ccccc4)c3)cccc21.[Pt]. The van der Waals surface area contributed by atoms with Gasteiger partial charge in [-0.3, -0.25) is 9.55 Å². The van der Waals surface area contributed by atoms with Crippen LogP contribution in [0.5, 0.6) is 5.75 Å². The van der Waals surface area contributed by atoms with E-state index in [-0.39, 0.29) is 49.5 Å². The van der Waals surface area contributed by atoms with Crippen LogP contribution in [0.25, 0.3) is 83.9 Å². The number of phenolic OH excluding ortho intramolecular Hbond substituents is 1. The number of para-hydroxylation sites is 1. The molecule has 0 fully saturated rings. The Morgan fingerprint density at radius 3 is 1.83 bits per heavy atom. The summed E-state index contributed by atoms with van der Waals surface area (Å²) in [5.74, 6) is -4.63. The standard InChI is InChI=1S/C61H58N3O.Pt/c1-37(2)46-34-53(40(7)8)60(65)54(35-46)61-63-59-52(24-17-25-57(59)64(61)56-27-26-45(30-41(56)9)58-50(38(3)4)22-16-23-51(58)39(5)6)48-31-47(43-20-14-11-15-21-43)32-49(33-48)55-36-44(28-29-62-55)42-18-12-10-13-19-42;/h10-32,34-40,65H,1-9H3;/q-1;/i9D3,37D,38D,39D,40D;. The molecule has 0 saturated carbocycles. The van der Waals surface area contributed by atoms with Gasteiger partial charge in [-0.2, -0.15) is 0 Å². The van der Waals surface area contributed by atoms with Crippen molar-refractivity contribution in [2.75, 3.05) is 0 Å². The van der Waals surface area contributed by atoms with Gasteiger partial charge in [0.2, 0.25) is 0 Å². The van der Waals surface area contributed by atoms with Crippen molar-refractivity contribution in [1.29, 1.82) is 0 Å². The normalized spacial score (nSPS) is 14.0. The fraction of sp³-hybridized carbons (Fsp3) is 0.213. The van der Waals surface area contributed by atoms with Crippen LogP contribution in [0.2, 0.25) is 0 Å². The first-order valence-electron chi connectivity index (χ1n) is 25.6. The summed E-state index contributed by atoms with van der Waals surface area (Å²) in [4.78, 5) is 10.3. The van der Waals surface area contributed by atoms with Crippen LogP contribution in [-0.4, -0.2) is 19.6 Å². The van der Waals surface area contributed by atoms with E-state index in [4.69, 9.17) is 14.1 Å². The predicted octanol–water partition coefficient (Wildman–Crippen LogP) is 16.7. The van der Waals surface area contributed by atoms with Crippen molar-refractivity contribution in [1.82, 2.24) is 14.5 Å². The Balaban J connectivity index is 0.00000711. The first-order chi connectivity index (χ1) is 33.8. The summed E-state index contributed by atoms with van der Waals surface area (Å²) in [6, 6.07) is 52.0. The molecule has 0 radical (unpaired) electrons. The van der Waals surface area contributed by atoms with Gasteiger partial charge in [-0.25, -0.2) is 4.98 Å². The molecule has 5 heteroatoms. The molecule has 0 bridgehead atoms. The van der Waals surface area contributed by atoms with Gasteiger partial charge in [-0.05, 0) is 116 Å². The topological polar surface area (TPSA) is 50.9 Å². The molecule has 0 atom stereocenters. The Kier molecular flexibility index (Phi) is 11.0. The maximum Gasteiger partial charge on any atom is 0.148 e. The summed E-state index contributed by atoms with van der Waals surface area (Å²) in [5.41, 5.74) is 11.6. The van der Waals surface area contributed by atoms with Gasteiger partial charge < -0.3 is 5.11 Å². The molecule has 2 aromatic heterocycles. The van der Waals surface area contributed by atoms with Crippen LogP contribution < -0.4 is 0 Å². The number of rotatable bonds is 11. The number of benzene rings is 7. The maximum absolute atomic E-state index is 12.4. The van der Waals surface area contributed by atoms with Crippen LogP contribution in [0.15, 0.2) is 158 Å². The summed E-state index contributed by atoms with van der Waals surface area (Å²) in [5, 5.41) is 12.4. The summed E-state index contributed by atoms with van der Waals surface area (Å²) in [7, 11) is 0. The zero-order chi connectivity index (χ0) is 51.7. The molecule has 7 aromatic carbocycles. The molecule has 66 heavy (non-hydrogen) atoms. The number of hydrogen-bond acceptors (Lipinski definition) is 3. The summed E-state index contributed by atoms with van der Waals surface area (Å²) >= 11 is 0. The van der Waals surface area contributed by atoms with Crippen molar-refractivity contribution in [3.8, 4) is 78.6 Å². The van der Waals surface area contributed by atoms with Gasteiger partial charge in [-0.15, -0.1) is 23.8 Å². The molecule has 2 heterocycles. The van der Waals surface area contributed by atoms with Crippen LogP contribution in [0, 0.1) is 12.9 Å². The number of nitrogens with zero attached hydrogens (tertiary/aromatic N) is 3. The van der Waals surface area contributed by atoms with Crippen LogP contribution in [-0.2, 0) is 21.1 Å². The van der Waals surface area contributed by atoms with Gasteiger partial charge in [-0.1, -0.05) is 181 Å². The zero-order valence-corrected chi connectivity index (χ0v) is 40.9. The molecular formula is C61H58N3OPt-. The molecule has 0 amide bonds. The number of phenols is 1. The van der Waals surface area contributed by atoms with Crippen LogP contribution in [0.3, 0.4) is 0 Å². The number of hydrogen-bond donors (Lipinski definition) is 1. The summed E-state index contributed by atoms with van der Waals surface area (Å²) < 4.78 is 65.9. The van der Waals surface area contributed by atoms with Gasteiger partial charge in [0.05, 0.1) is 22.3 Å². The Labute approximate surface area is 415 Å². The Morgan fingerprint density at radius 2 is 1.20 bits per heavy atom. The number of fused-ring (bicyclic) bond motifs is 1. The second-order valence-electron chi connectivity index (χ2n) is 17.7. The van der Waals surface area contributed by atoms with E-state index in [1.165, 1.54) is 0 Å². The molecule has 0 aliphatic heterocycles. The Bertz CT molecular complexity index is 3470. The smallest absolute Gasteiger partial charge is 0.148 e. The Morgan fingerprint density at radius 1 is 0.561 bits per heavy atom. The van der Waals surface area contributed by atoms with Crippen molar-refractivity contribution in [2.45, 2.75) is 85.8 Å². The third kappa shape index (κ3) is 8.84. The van der Waals surface area contributed by atoms with Gasteiger partial charge in [0, 0.05) is 42.6 Å². The number of imidazole rings is 1. The monoisotopic (exact) mass is 1050 g/mol. The minimum Gasteiger partial charge on any atom is -0.507 e. The molecule has 0 saturated heterocycles. The van der Waals surface area contributed by atoms with Crippen molar-refractivity contribution in [2.24, 2.45) is 0 Å². The van der Waals surface area contributed by atoms with Gasteiger partial charge in [0.25, 0.3) is 0 Å². The second-order valence-corrected chi connectivity index (χ2v) is 17.7. The van der Waals surface area contributed by atoms with Crippen LogP contribution >= 0.6 is 0 Å². The van der Waals surface area contributed by atoms with Crippen LogP contribution in [0.4, 0.5) is 0 Å². The molecule has 0 aliphatic carbocycles. The number of aromatic nitrogens is 3. The summed E-state index contributed by atoms with van der Waals surface area (Å²) in [6.45, 7) is 11.3. The van der Waals surface area contributed by atoms with E-state index in [9.17, 15) is 10.6 Å². The maximum atomic E-state index is 12.4. The van der Waals surface area contributed by atoms with Crippen molar-refractivity contribution < 1.29 is 35.8 Å². The fourth-order valence-corrected chi connectivity index (χ4v) is 8.84. The molecule has 4 nitrogen and oxygen atoms in total. The van der Waals surface area contributed by atoms with E-state index in [0.29, 0.717) is 61.2 Å². The van der Waals surface area contributed by atoms with E-state index in [0.717, 1.165) is 27.8 Å². The van der Waals surface area contributed by atoms with E-state index in [1.807, 2.05) is 84.9 Å². The number of aryl methyl sites for hydroxylation is 1. The second kappa shape index (κ2) is 19.2.